The van der Waals surface area contributed by atoms with Gasteiger partial charge in [-0.15, -0.1) is 0 Å². The average Bonchev–Trinajstić information content (AvgIpc) is 2.41. The quantitative estimate of drug-likeness (QED) is 0.317. The fourth-order valence-corrected chi connectivity index (χ4v) is 2.14. The molecule has 0 radical (unpaired) electrons. The molecule has 1 aliphatic heterocycles. The molecule has 0 unspecified atom stereocenters. The van der Waals surface area contributed by atoms with Gasteiger partial charge in [0.25, 0.3) is 0 Å². The number of amidine groups is 1. The molecule has 6 heteroatoms. The Labute approximate surface area is 86.0 Å². The molecule has 0 saturated heterocycles. The molecule has 74 valence electrons. The molecule has 0 aromatic carbocycles. The Morgan fingerprint density at radius 1 is 1.43 bits per heavy atom. The van der Waals surface area contributed by atoms with Crippen LogP contribution in [0.25, 0.3) is 0 Å². The lowest BCUT2D eigenvalue weighted by molar-refractivity contribution is 1.07. The van der Waals surface area contributed by atoms with E-state index in [9.17, 15) is 0 Å². The van der Waals surface area contributed by atoms with Crippen molar-refractivity contribution in [3.8, 4) is 0 Å². The third kappa shape index (κ3) is 1.60. The van der Waals surface area contributed by atoms with Crippen molar-refractivity contribution in [2.24, 2.45) is 10.8 Å². The third-order valence-electron chi connectivity index (χ3n) is 1.74. The Morgan fingerprint density at radius 2 is 2.00 bits per heavy atom. The van der Waals surface area contributed by atoms with Crippen LogP contribution in [-0.2, 0) is 0 Å². The van der Waals surface area contributed by atoms with Crippen LogP contribution in [0.3, 0.4) is 0 Å². The summed E-state index contributed by atoms with van der Waals surface area (Å²) in [6.45, 7) is 3.69. The highest BCUT2D eigenvalue weighted by atomic mass is 32.2. The van der Waals surface area contributed by atoms with Gasteiger partial charge >= 0.3 is 0 Å². The summed E-state index contributed by atoms with van der Waals surface area (Å²) in [6, 6.07) is 0. The first-order valence-corrected chi connectivity index (χ1v) is 4.71. The molecule has 14 heavy (non-hydrogen) atoms. The number of nitrogens with one attached hydrogen (secondary N) is 3. The van der Waals surface area contributed by atoms with E-state index < -0.39 is 0 Å². The summed E-state index contributed by atoms with van der Waals surface area (Å²) in [5.41, 5.74) is 14.2. The normalized spacial score (nSPS) is 16.1. The first kappa shape index (κ1) is 10.6. The average molecular weight is 209 g/mol. The highest BCUT2D eigenvalue weighted by Gasteiger charge is 2.28. The van der Waals surface area contributed by atoms with Gasteiger partial charge in [0.2, 0.25) is 0 Å². The molecular formula is C8H11N5S. The number of nitrogens with zero attached hydrogens (tertiary/aromatic N) is 1. The predicted molar refractivity (Wildman–Crippen MR) is 57.8 cm³/mol. The second kappa shape index (κ2) is 3.75. The molecule has 5 N–H and O–H groups in total. The van der Waals surface area contributed by atoms with E-state index in [1.165, 1.54) is 0 Å². The molecule has 0 fully saturated rings. The molecule has 0 bridgehead atoms. The summed E-state index contributed by atoms with van der Waals surface area (Å²) in [6.07, 6.45) is 0. The van der Waals surface area contributed by atoms with Gasteiger partial charge in [0.1, 0.15) is 16.6 Å². The number of hydrogen-bond donors (Lipinski definition) is 4. The number of hydrogen-bond acceptors (Lipinski definition) is 5. The molecule has 0 aromatic rings. The number of rotatable bonds is 2. The zero-order valence-electron chi connectivity index (χ0n) is 7.93. The van der Waals surface area contributed by atoms with Crippen molar-refractivity contribution in [3.63, 3.8) is 0 Å². The molecule has 5 nitrogen and oxygen atoms in total. The van der Waals surface area contributed by atoms with Gasteiger partial charge in [-0.3, -0.25) is 10.8 Å². The van der Waals surface area contributed by atoms with Gasteiger partial charge in [0, 0.05) is 5.57 Å². The van der Waals surface area contributed by atoms with E-state index in [-0.39, 0.29) is 5.84 Å². The van der Waals surface area contributed by atoms with E-state index in [1.54, 1.807) is 0 Å². The fourth-order valence-electron chi connectivity index (χ4n) is 1.18. The lowest BCUT2D eigenvalue weighted by Crippen LogP contribution is -2.10. The van der Waals surface area contributed by atoms with Crippen molar-refractivity contribution in [3.05, 3.63) is 21.7 Å². The predicted octanol–water partition coefficient (Wildman–Crippen LogP) is 2.23. The van der Waals surface area contributed by atoms with Gasteiger partial charge in [-0.2, -0.15) is 5.11 Å². The van der Waals surface area contributed by atoms with E-state index in [2.05, 4.69) is 5.11 Å². The summed E-state index contributed by atoms with van der Waals surface area (Å²) in [7, 11) is 0. The molecule has 0 amide bonds. The van der Waals surface area contributed by atoms with E-state index >= 15 is 0 Å². The SMILES string of the molecule is CC(C)=C1C(=N)SC(C(=N)N)=C1N=N. The zero-order valence-corrected chi connectivity index (χ0v) is 8.75. The van der Waals surface area contributed by atoms with Crippen LogP contribution >= 0.6 is 11.8 Å². The van der Waals surface area contributed by atoms with Crippen molar-refractivity contribution in [1.82, 2.24) is 0 Å². The maximum atomic E-state index is 7.66. The van der Waals surface area contributed by atoms with Crippen LogP contribution in [0, 0.1) is 16.3 Å². The third-order valence-corrected chi connectivity index (χ3v) is 2.77. The fraction of sp³-hybridized carbons (Fsp3) is 0.250. The van der Waals surface area contributed by atoms with E-state index in [4.69, 9.17) is 22.1 Å². The molecule has 1 aliphatic rings. The van der Waals surface area contributed by atoms with Crippen molar-refractivity contribution < 1.29 is 0 Å². The Balaban J connectivity index is 3.38. The molecule has 0 aliphatic carbocycles. The summed E-state index contributed by atoms with van der Waals surface area (Å²) in [5.74, 6) is -0.137. The molecular weight excluding hydrogens is 198 g/mol. The number of nitrogens with two attached hydrogens (primary N) is 1. The zero-order chi connectivity index (χ0) is 10.9. The van der Waals surface area contributed by atoms with Crippen molar-refractivity contribution >= 4 is 22.6 Å². The Hall–Kier alpha value is -1.43. The Bertz CT molecular complexity index is 387. The van der Waals surface area contributed by atoms with Crippen molar-refractivity contribution in [2.45, 2.75) is 13.8 Å². The van der Waals surface area contributed by atoms with Gasteiger partial charge in [-0.05, 0) is 13.8 Å². The maximum absolute atomic E-state index is 7.66. The minimum absolute atomic E-state index is 0.137. The van der Waals surface area contributed by atoms with Crippen LogP contribution in [0.4, 0.5) is 0 Å². The minimum Gasteiger partial charge on any atom is -0.383 e. The first-order chi connectivity index (χ1) is 6.49. The summed E-state index contributed by atoms with van der Waals surface area (Å²) in [5, 5.41) is 18.6. The van der Waals surface area contributed by atoms with Crippen LogP contribution in [0.5, 0.6) is 0 Å². The highest BCUT2D eigenvalue weighted by molar-refractivity contribution is 8.18. The van der Waals surface area contributed by atoms with E-state index in [1.807, 2.05) is 13.8 Å². The largest absolute Gasteiger partial charge is 0.383 e. The van der Waals surface area contributed by atoms with Gasteiger partial charge in [-0.1, -0.05) is 17.3 Å². The highest BCUT2D eigenvalue weighted by Crippen LogP contribution is 2.39. The lowest BCUT2D eigenvalue weighted by Gasteiger charge is -2.00. The van der Waals surface area contributed by atoms with Gasteiger partial charge < -0.3 is 5.73 Å². The van der Waals surface area contributed by atoms with Crippen LogP contribution in [0.2, 0.25) is 0 Å². The van der Waals surface area contributed by atoms with Crippen LogP contribution in [-0.4, -0.2) is 10.9 Å². The van der Waals surface area contributed by atoms with Crippen LogP contribution < -0.4 is 5.73 Å². The topological polar surface area (TPSA) is 110 Å². The van der Waals surface area contributed by atoms with Crippen molar-refractivity contribution in [2.75, 3.05) is 0 Å². The molecule has 1 rings (SSSR count). The monoisotopic (exact) mass is 209 g/mol. The van der Waals surface area contributed by atoms with Gasteiger partial charge in [-0.25, -0.2) is 5.53 Å². The van der Waals surface area contributed by atoms with Crippen LogP contribution in [0.15, 0.2) is 26.9 Å². The van der Waals surface area contributed by atoms with E-state index in [0.717, 1.165) is 17.3 Å². The van der Waals surface area contributed by atoms with E-state index in [0.29, 0.717) is 21.2 Å². The number of thioether (sulfide) groups is 1. The number of allylic oxidation sites excluding steroid dienone is 2. The standard InChI is InChI=1S/C8H11N5S/c1-3(2)4-5(13-12)6(7(9)10)14-8(4)11/h11-12H,1-2H3,(H3,9,10). The van der Waals surface area contributed by atoms with Crippen molar-refractivity contribution in [1.29, 1.82) is 16.3 Å². The summed E-state index contributed by atoms with van der Waals surface area (Å²) >= 11 is 1.08. The summed E-state index contributed by atoms with van der Waals surface area (Å²) < 4.78 is 0. The van der Waals surface area contributed by atoms with Gasteiger partial charge in [0.15, 0.2) is 0 Å². The molecule has 0 atom stereocenters. The maximum Gasteiger partial charge on any atom is 0.132 e. The Morgan fingerprint density at radius 3 is 2.36 bits per heavy atom. The molecule has 1 heterocycles. The smallest absolute Gasteiger partial charge is 0.132 e. The van der Waals surface area contributed by atoms with Gasteiger partial charge in [0.05, 0.1) is 4.91 Å². The lowest BCUT2D eigenvalue weighted by atomic mass is 10.1. The first-order valence-electron chi connectivity index (χ1n) is 3.89. The second-order valence-corrected chi connectivity index (χ2v) is 4.03. The second-order valence-electron chi connectivity index (χ2n) is 3.01. The molecule has 0 spiro atoms. The summed E-state index contributed by atoms with van der Waals surface area (Å²) in [4.78, 5) is 0.404. The minimum atomic E-state index is -0.137. The molecule has 0 saturated carbocycles. The Kier molecular flexibility index (Phi) is 2.85. The van der Waals surface area contributed by atoms with Crippen LogP contribution in [0.1, 0.15) is 13.8 Å². The molecule has 0 aromatic heterocycles.